The molecule has 0 fully saturated rings. The molecule has 0 radical (unpaired) electrons. The maximum absolute atomic E-state index is 2.51. The highest BCUT2D eigenvalue weighted by Crippen LogP contribution is 2.13. The Kier molecular flexibility index (Phi) is 14.5. The predicted octanol–water partition coefficient (Wildman–Crippen LogP) is 3.83. The fourth-order valence-corrected chi connectivity index (χ4v) is 3.13. The van der Waals surface area contributed by atoms with Crippen molar-refractivity contribution in [3.8, 4) is 0 Å². The molecule has 0 atom stereocenters. The molecule has 0 aliphatic heterocycles. The summed E-state index contributed by atoms with van der Waals surface area (Å²) in [6.07, 6.45) is 7.78. The summed E-state index contributed by atoms with van der Waals surface area (Å²) < 4.78 is 2.51. The first-order valence-electron chi connectivity index (χ1n) is 7.29. The average molecular weight is 293 g/mol. The largest absolute Gasteiger partial charge is 0.305 e. The van der Waals surface area contributed by atoms with Crippen molar-refractivity contribution in [1.82, 2.24) is 9.21 Å². The minimum atomic E-state index is 1.15. The second kappa shape index (κ2) is 14.0. The van der Waals surface area contributed by atoms with Crippen LogP contribution in [-0.2, 0) is 0 Å². The molecule has 0 aliphatic rings. The Morgan fingerprint density at radius 1 is 0.833 bits per heavy atom. The molecule has 0 unspecified atom stereocenters. The lowest BCUT2D eigenvalue weighted by molar-refractivity contribution is 0.319. The van der Waals surface area contributed by atoms with Gasteiger partial charge in [0.1, 0.15) is 0 Å². The summed E-state index contributed by atoms with van der Waals surface area (Å²) in [4.78, 5) is 2.38. The molecule has 0 spiro atoms. The van der Waals surface area contributed by atoms with Crippen molar-refractivity contribution < 1.29 is 0 Å². The van der Waals surface area contributed by atoms with E-state index in [0.29, 0.717) is 0 Å². The van der Waals surface area contributed by atoms with Gasteiger partial charge in [-0.3, -0.25) is 0 Å². The zero-order valence-corrected chi connectivity index (χ0v) is 14.4. The lowest BCUT2D eigenvalue weighted by atomic mass is 10.2. The molecule has 0 saturated heterocycles. The lowest BCUT2D eigenvalue weighted by Gasteiger charge is -2.22. The topological polar surface area (TPSA) is 6.48 Å². The van der Waals surface area contributed by atoms with Crippen LogP contribution >= 0.6 is 23.7 Å². The summed E-state index contributed by atoms with van der Waals surface area (Å²) in [7, 11) is 2.20. The van der Waals surface area contributed by atoms with Crippen molar-refractivity contribution in [2.24, 2.45) is 0 Å². The Labute approximate surface area is 123 Å². The molecule has 4 heteroatoms. The summed E-state index contributed by atoms with van der Waals surface area (Å²) in [5.41, 5.74) is 0. The summed E-state index contributed by atoms with van der Waals surface area (Å²) in [6, 6.07) is 0. The highest BCUT2D eigenvalue weighted by Gasteiger charge is 2.04. The van der Waals surface area contributed by atoms with Gasteiger partial charge < -0.3 is 4.90 Å². The van der Waals surface area contributed by atoms with Crippen molar-refractivity contribution >= 4 is 23.7 Å². The molecule has 0 aromatic heterocycles. The Morgan fingerprint density at radius 3 is 2.06 bits per heavy atom. The maximum Gasteiger partial charge on any atom is 0.0217 e. The molecule has 0 amide bonds. The van der Waals surface area contributed by atoms with Gasteiger partial charge in [-0.1, -0.05) is 38.6 Å². The Morgan fingerprint density at radius 2 is 1.50 bits per heavy atom. The van der Waals surface area contributed by atoms with E-state index in [0.717, 1.165) is 13.1 Å². The molecule has 2 nitrogen and oxygen atoms in total. The third-order valence-electron chi connectivity index (χ3n) is 3.14. The summed E-state index contributed by atoms with van der Waals surface area (Å²) >= 11 is 4.01. The fraction of sp³-hybridized carbons (Fsp3) is 1.00. The Bertz CT molecular complexity index is 168. The van der Waals surface area contributed by atoms with E-state index < -0.39 is 0 Å². The minimum absolute atomic E-state index is 1.15. The summed E-state index contributed by atoms with van der Waals surface area (Å²) in [5, 5.41) is 0. The molecule has 18 heavy (non-hydrogen) atoms. The zero-order valence-electron chi connectivity index (χ0n) is 12.8. The quantitative estimate of drug-likeness (QED) is 0.376. The molecule has 0 saturated carbocycles. The van der Waals surface area contributed by atoms with Crippen LogP contribution in [0.2, 0.25) is 0 Å². The number of hydrogen-bond acceptors (Lipinski definition) is 4. The molecule has 0 aromatic carbocycles. The number of unbranched alkanes of at least 4 members (excludes halogenated alkanes) is 3. The molecule has 0 bridgehead atoms. The van der Waals surface area contributed by atoms with Gasteiger partial charge in [0.15, 0.2) is 0 Å². The maximum atomic E-state index is 2.51. The second-order valence-electron chi connectivity index (χ2n) is 4.66. The van der Waals surface area contributed by atoms with Gasteiger partial charge in [0.25, 0.3) is 0 Å². The van der Waals surface area contributed by atoms with E-state index in [1.807, 2.05) is 23.7 Å². The molecule has 0 aliphatic carbocycles. The van der Waals surface area contributed by atoms with Gasteiger partial charge >= 0.3 is 0 Å². The van der Waals surface area contributed by atoms with Crippen molar-refractivity contribution in [3.63, 3.8) is 0 Å². The van der Waals surface area contributed by atoms with Gasteiger partial charge in [-0.2, -0.15) is 11.8 Å². The van der Waals surface area contributed by atoms with E-state index in [1.54, 1.807) is 0 Å². The standard InChI is InChI=1S/C14H32N2S2/c1-5-15(3)11-12-16(6-2)18-14-10-8-7-9-13-17-4/h5-14H2,1-4H3. The van der Waals surface area contributed by atoms with E-state index in [2.05, 4.69) is 36.4 Å². The van der Waals surface area contributed by atoms with Gasteiger partial charge in [0.2, 0.25) is 0 Å². The zero-order chi connectivity index (χ0) is 13.6. The Balaban J connectivity index is 3.38. The number of nitrogens with zero attached hydrogens (tertiary/aromatic N) is 2. The first-order valence-corrected chi connectivity index (χ1v) is 9.63. The number of thioether (sulfide) groups is 1. The molecule has 0 rings (SSSR count). The summed E-state index contributed by atoms with van der Waals surface area (Å²) in [6.45, 7) is 9.17. The van der Waals surface area contributed by atoms with Gasteiger partial charge in [-0.15, -0.1) is 0 Å². The van der Waals surface area contributed by atoms with Crippen LogP contribution in [0, 0.1) is 0 Å². The van der Waals surface area contributed by atoms with E-state index in [-0.39, 0.29) is 0 Å². The van der Waals surface area contributed by atoms with Crippen LogP contribution in [0.25, 0.3) is 0 Å². The average Bonchev–Trinajstić information content (AvgIpc) is 2.40. The van der Waals surface area contributed by atoms with Gasteiger partial charge in [0, 0.05) is 25.4 Å². The highest BCUT2D eigenvalue weighted by molar-refractivity contribution is 7.98. The van der Waals surface area contributed by atoms with Crippen molar-refractivity contribution in [1.29, 1.82) is 0 Å². The normalized spacial score (nSPS) is 11.7. The van der Waals surface area contributed by atoms with E-state index >= 15 is 0 Å². The molecule has 0 heterocycles. The van der Waals surface area contributed by atoms with E-state index in [1.165, 1.54) is 50.3 Å². The molecule has 110 valence electrons. The second-order valence-corrected chi connectivity index (χ2v) is 6.83. The van der Waals surface area contributed by atoms with Crippen molar-refractivity contribution in [3.05, 3.63) is 0 Å². The van der Waals surface area contributed by atoms with Gasteiger partial charge in [0.05, 0.1) is 0 Å². The van der Waals surface area contributed by atoms with Crippen LogP contribution in [0.1, 0.15) is 39.5 Å². The van der Waals surface area contributed by atoms with Crippen molar-refractivity contribution in [2.75, 3.05) is 51.0 Å². The molecular formula is C14H32N2S2. The lowest BCUT2D eigenvalue weighted by Crippen LogP contribution is -2.29. The number of hydrogen-bond donors (Lipinski definition) is 0. The molecule has 0 aromatic rings. The van der Waals surface area contributed by atoms with Crippen LogP contribution in [0.3, 0.4) is 0 Å². The fourth-order valence-electron chi connectivity index (χ4n) is 1.65. The van der Waals surface area contributed by atoms with E-state index in [4.69, 9.17) is 0 Å². The number of rotatable bonds is 13. The first kappa shape index (κ1) is 18.6. The SMILES string of the molecule is CCN(C)CCN(CC)SCCCCCCSC. The molecular weight excluding hydrogens is 260 g/mol. The van der Waals surface area contributed by atoms with Crippen LogP contribution in [0.15, 0.2) is 0 Å². The monoisotopic (exact) mass is 292 g/mol. The third kappa shape index (κ3) is 11.7. The van der Waals surface area contributed by atoms with Crippen LogP contribution in [-0.4, -0.2) is 60.2 Å². The van der Waals surface area contributed by atoms with Crippen LogP contribution in [0.5, 0.6) is 0 Å². The first-order chi connectivity index (χ1) is 8.74. The van der Waals surface area contributed by atoms with Crippen LogP contribution < -0.4 is 0 Å². The minimum Gasteiger partial charge on any atom is -0.305 e. The highest BCUT2D eigenvalue weighted by atomic mass is 32.2. The van der Waals surface area contributed by atoms with Gasteiger partial charge in [-0.25, -0.2) is 4.31 Å². The Hall–Kier alpha value is 0.620. The summed E-state index contributed by atoms with van der Waals surface area (Å²) in [5.74, 6) is 2.63. The van der Waals surface area contributed by atoms with Crippen LogP contribution in [0.4, 0.5) is 0 Å². The smallest absolute Gasteiger partial charge is 0.0217 e. The number of likely N-dealkylation sites (N-methyl/N-ethyl adjacent to an activating group) is 2. The molecule has 0 N–H and O–H groups in total. The van der Waals surface area contributed by atoms with E-state index in [9.17, 15) is 0 Å². The van der Waals surface area contributed by atoms with Gasteiger partial charge in [-0.05, 0) is 38.4 Å². The predicted molar refractivity (Wildman–Crippen MR) is 89.7 cm³/mol. The van der Waals surface area contributed by atoms with Crippen molar-refractivity contribution in [2.45, 2.75) is 39.5 Å². The third-order valence-corrected chi connectivity index (χ3v) is 5.11.